The van der Waals surface area contributed by atoms with Crippen LogP contribution in [0.25, 0.3) is 0 Å². The largest absolute Gasteiger partial charge is 0.477 e. The molecule has 25 heavy (non-hydrogen) atoms. The molecule has 7 heteroatoms. The van der Waals surface area contributed by atoms with Gasteiger partial charge in [0.15, 0.2) is 0 Å². The van der Waals surface area contributed by atoms with E-state index in [9.17, 15) is 14.4 Å². The first-order valence-electron chi connectivity index (χ1n) is 8.73. The molecule has 1 aliphatic heterocycles. The van der Waals surface area contributed by atoms with Crippen molar-refractivity contribution in [3.05, 3.63) is 29.6 Å². The lowest BCUT2D eigenvalue weighted by molar-refractivity contribution is -0.126. The van der Waals surface area contributed by atoms with Gasteiger partial charge in [0.25, 0.3) is 5.91 Å². The summed E-state index contributed by atoms with van der Waals surface area (Å²) in [5, 5.41) is 12.0. The number of carbonyl (C=O) groups excluding carboxylic acids is 2. The Hall–Kier alpha value is -2.44. The highest BCUT2D eigenvalue weighted by Gasteiger charge is 2.33. The van der Waals surface area contributed by atoms with Crippen LogP contribution in [0.15, 0.2) is 18.2 Å². The van der Waals surface area contributed by atoms with Gasteiger partial charge in [-0.25, -0.2) is 9.78 Å². The lowest BCUT2D eigenvalue weighted by atomic mass is 9.92. The van der Waals surface area contributed by atoms with Crippen molar-refractivity contribution in [3.63, 3.8) is 0 Å². The smallest absolute Gasteiger partial charge is 0.354 e. The zero-order chi connectivity index (χ0) is 18.4. The average molecular weight is 347 g/mol. The number of carboxylic acid groups (broad SMARTS) is 1. The Morgan fingerprint density at radius 3 is 2.68 bits per heavy atom. The molecule has 2 amide bonds. The van der Waals surface area contributed by atoms with Crippen molar-refractivity contribution in [1.82, 2.24) is 15.2 Å². The first-order chi connectivity index (χ1) is 11.9. The number of carbonyl (C=O) groups is 3. The molecule has 0 bridgehead atoms. The Labute approximate surface area is 147 Å². The minimum absolute atomic E-state index is 0.0116. The first-order valence-corrected chi connectivity index (χ1v) is 8.73. The molecule has 1 aromatic heterocycles. The summed E-state index contributed by atoms with van der Waals surface area (Å²) in [6, 6.07) is 4.35. The third-order valence-corrected chi connectivity index (χ3v) is 4.53. The predicted octanol–water partition coefficient (Wildman–Crippen LogP) is 1.94. The van der Waals surface area contributed by atoms with Crippen LogP contribution in [0.3, 0.4) is 0 Å². The molecule has 2 heterocycles. The summed E-state index contributed by atoms with van der Waals surface area (Å²) in [7, 11) is 0. The average Bonchev–Trinajstić information content (AvgIpc) is 2.61. The summed E-state index contributed by atoms with van der Waals surface area (Å²) in [4.78, 5) is 41.6. The number of rotatable bonds is 6. The van der Waals surface area contributed by atoms with E-state index in [1.54, 1.807) is 4.90 Å². The van der Waals surface area contributed by atoms with E-state index >= 15 is 0 Å². The summed E-state index contributed by atoms with van der Waals surface area (Å²) >= 11 is 0. The van der Waals surface area contributed by atoms with Crippen LogP contribution in [0.5, 0.6) is 0 Å². The van der Waals surface area contributed by atoms with Gasteiger partial charge in [0, 0.05) is 19.1 Å². The zero-order valence-electron chi connectivity index (χ0n) is 14.7. The highest BCUT2D eigenvalue weighted by Crippen LogP contribution is 2.23. The van der Waals surface area contributed by atoms with Gasteiger partial charge in [0.1, 0.15) is 11.4 Å². The molecule has 136 valence electrons. The number of likely N-dealkylation sites (tertiary alicyclic amines) is 1. The van der Waals surface area contributed by atoms with Gasteiger partial charge in [-0.2, -0.15) is 0 Å². The molecular weight excluding hydrogens is 322 g/mol. The molecule has 2 atom stereocenters. The van der Waals surface area contributed by atoms with Crippen LogP contribution in [-0.2, 0) is 4.79 Å². The third-order valence-electron chi connectivity index (χ3n) is 4.53. The molecule has 1 fully saturated rings. The molecule has 0 aliphatic carbocycles. The molecule has 7 nitrogen and oxygen atoms in total. The second-order valence-corrected chi connectivity index (χ2v) is 6.44. The van der Waals surface area contributed by atoms with Crippen LogP contribution in [0.2, 0.25) is 0 Å². The molecule has 1 saturated heterocycles. The molecule has 1 aliphatic rings. The summed E-state index contributed by atoms with van der Waals surface area (Å²) in [5.41, 5.74) is -0.0665. The number of nitrogens with one attached hydrogen (secondary N) is 1. The first kappa shape index (κ1) is 18.9. The van der Waals surface area contributed by atoms with Gasteiger partial charge < -0.3 is 15.3 Å². The molecule has 1 aromatic rings. The number of hydrogen-bond donors (Lipinski definition) is 2. The van der Waals surface area contributed by atoms with Crippen molar-refractivity contribution in [3.8, 4) is 0 Å². The van der Waals surface area contributed by atoms with Crippen LogP contribution in [0, 0.1) is 5.92 Å². The molecule has 0 radical (unpaired) electrons. The maximum Gasteiger partial charge on any atom is 0.354 e. The van der Waals surface area contributed by atoms with E-state index in [1.165, 1.54) is 18.2 Å². The van der Waals surface area contributed by atoms with E-state index in [4.69, 9.17) is 5.11 Å². The van der Waals surface area contributed by atoms with Crippen LogP contribution < -0.4 is 5.32 Å². The van der Waals surface area contributed by atoms with Crippen molar-refractivity contribution < 1.29 is 19.5 Å². The maximum absolute atomic E-state index is 12.8. The molecule has 0 aromatic carbocycles. The summed E-state index contributed by atoms with van der Waals surface area (Å²) in [6.07, 6.45) is 3.42. The minimum Gasteiger partial charge on any atom is -0.477 e. The van der Waals surface area contributed by atoms with Gasteiger partial charge in [-0.1, -0.05) is 19.4 Å². The Balaban J connectivity index is 2.08. The van der Waals surface area contributed by atoms with Crippen molar-refractivity contribution in [2.24, 2.45) is 5.92 Å². The van der Waals surface area contributed by atoms with E-state index in [0.717, 1.165) is 25.7 Å². The van der Waals surface area contributed by atoms with Crippen molar-refractivity contribution in [1.29, 1.82) is 0 Å². The number of pyridine rings is 1. The van der Waals surface area contributed by atoms with Crippen LogP contribution >= 0.6 is 0 Å². The number of aromatic carboxylic acids is 1. The lowest BCUT2D eigenvalue weighted by Gasteiger charge is -2.37. The fraction of sp³-hybridized carbons (Fsp3) is 0.556. The van der Waals surface area contributed by atoms with Gasteiger partial charge in [-0.15, -0.1) is 0 Å². The van der Waals surface area contributed by atoms with Crippen LogP contribution in [-0.4, -0.2) is 51.9 Å². The predicted molar refractivity (Wildman–Crippen MR) is 92.3 cm³/mol. The highest BCUT2D eigenvalue weighted by molar-refractivity contribution is 5.94. The van der Waals surface area contributed by atoms with E-state index in [2.05, 4.69) is 17.2 Å². The standard InChI is InChI=1S/C18H25N3O4/c1-3-4-10-19-16(22)13-9-8-12(2)21(11-13)17(23)14-6-5-7-15(20-14)18(24)25/h5-7,12-13H,3-4,8-11H2,1-2H3,(H,19,22)(H,24,25). The van der Waals surface area contributed by atoms with Crippen LogP contribution in [0.1, 0.15) is 60.5 Å². The second kappa shape index (κ2) is 8.60. The van der Waals surface area contributed by atoms with Gasteiger partial charge in [-0.05, 0) is 38.3 Å². The Morgan fingerprint density at radius 2 is 2.00 bits per heavy atom. The molecule has 2 N–H and O–H groups in total. The third kappa shape index (κ3) is 4.78. The van der Waals surface area contributed by atoms with Crippen molar-refractivity contribution in [2.45, 2.75) is 45.6 Å². The fourth-order valence-corrected chi connectivity index (χ4v) is 2.96. The zero-order valence-corrected chi connectivity index (χ0v) is 14.7. The number of unbranched alkanes of at least 4 members (excludes halogenated alkanes) is 1. The summed E-state index contributed by atoms with van der Waals surface area (Å²) < 4.78 is 0. The normalized spacial score (nSPS) is 20.2. The number of piperidine rings is 1. The van der Waals surface area contributed by atoms with Gasteiger partial charge in [0.05, 0.1) is 5.92 Å². The van der Waals surface area contributed by atoms with Gasteiger partial charge >= 0.3 is 5.97 Å². The Kier molecular flexibility index (Phi) is 6.50. The topological polar surface area (TPSA) is 99.6 Å². The second-order valence-electron chi connectivity index (χ2n) is 6.44. The lowest BCUT2D eigenvalue weighted by Crippen LogP contribution is -2.49. The fourth-order valence-electron chi connectivity index (χ4n) is 2.96. The van der Waals surface area contributed by atoms with Crippen molar-refractivity contribution in [2.75, 3.05) is 13.1 Å². The van der Waals surface area contributed by atoms with E-state index in [1.807, 2.05) is 6.92 Å². The highest BCUT2D eigenvalue weighted by atomic mass is 16.4. The van der Waals surface area contributed by atoms with E-state index in [0.29, 0.717) is 13.1 Å². The Morgan fingerprint density at radius 1 is 1.28 bits per heavy atom. The molecule has 0 spiro atoms. The summed E-state index contributed by atoms with van der Waals surface area (Å²) in [6.45, 7) is 4.98. The van der Waals surface area contributed by atoms with Crippen LogP contribution in [0.4, 0.5) is 0 Å². The molecule has 2 rings (SSSR count). The number of nitrogens with zero attached hydrogens (tertiary/aromatic N) is 2. The quantitative estimate of drug-likeness (QED) is 0.766. The molecular formula is C18H25N3O4. The molecule has 2 unspecified atom stereocenters. The van der Waals surface area contributed by atoms with Gasteiger partial charge in [-0.3, -0.25) is 9.59 Å². The van der Waals surface area contributed by atoms with Crippen molar-refractivity contribution >= 4 is 17.8 Å². The van der Waals surface area contributed by atoms with Gasteiger partial charge in [0.2, 0.25) is 5.91 Å². The SMILES string of the molecule is CCCCNC(=O)C1CCC(C)N(C(=O)c2cccc(C(=O)O)n2)C1. The number of carboxylic acids is 1. The number of aromatic nitrogens is 1. The Bertz CT molecular complexity index is 647. The molecule has 0 saturated carbocycles. The number of hydrogen-bond acceptors (Lipinski definition) is 4. The summed E-state index contributed by atoms with van der Waals surface area (Å²) in [5.74, 6) is -1.76. The van der Waals surface area contributed by atoms with E-state index in [-0.39, 0.29) is 35.2 Å². The monoisotopic (exact) mass is 347 g/mol. The van der Waals surface area contributed by atoms with E-state index < -0.39 is 5.97 Å². The minimum atomic E-state index is -1.17. The number of amides is 2. The maximum atomic E-state index is 12.8.